The van der Waals surface area contributed by atoms with Crippen molar-refractivity contribution in [1.82, 2.24) is 15.1 Å². The Balaban J connectivity index is 1.25. The Bertz CT molecular complexity index is 620. The van der Waals surface area contributed by atoms with Crippen molar-refractivity contribution in [2.75, 3.05) is 19.0 Å². The van der Waals surface area contributed by atoms with Crippen molar-refractivity contribution < 1.29 is 9.13 Å². The highest BCUT2D eigenvalue weighted by molar-refractivity contribution is 7.99. The minimum Gasteiger partial charge on any atom is -0.490 e. The maximum absolute atomic E-state index is 12.9. The van der Waals surface area contributed by atoms with Gasteiger partial charge in [0.15, 0.2) is 0 Å². The fourth-order valence-electron chi connectivity index (χ4n) is 3.73. The highest BCUT2D eigenvalue weighted by atomic mass is 32.2. The average molecular weight is 333 g/mol. The van der Waals surface area contributed by atoms with Crippen molar-refractivity contribution in [2.24, 2.45) is 11.8 Å². The van der Waals surface area contributed by atoms with E-state index in [0.29, 0.717) is 0 Å². The van der Waals surface area contributed by atoms with Crippen molar-refractivity contribution in [3.05, 3.63) is 42.5 Å². The van der Waals surface area contributed by atoms with Gasteiger partial charge in [-0.05, 0) is 48.9 Å². The summed E-state index contributed by atoms with van der Waals surface area (Å²) in [5, 5.41) is 6.82. The minimum atomic E-state index is -0.216. The smallest absolute Gasteiger partial charge is 0.123 e. The van der Waals surface area contributed by atoms with Gasteiger partial charge in [-0.3, -0.25) is 10.00 Å². The van der Waals surface area contributed by atoms with Crippen molar-refractivity contribution in [3.63, 3.8) is 0 Å². The lowest BCUT2D eigenvalue weighted by Gasteiger charge is -2.19. The van der Waals surface area contributed by atoms with Gasteiger partial charge in [0.2, 0.25) is 0 Å². The molecule has 0 bridgehead atoms. The normalized spacial score (nSPS) is 27.3. The molecule has 122 valence electrons. The van der Waals surface area contributed by atoms with E-state index in [1.54, 1.807) is 12.1 Å². The van der Waals surface area contributed by atoms with Gasteiger partial charge in [0, 0.05) is 30.1 Å². The molecule has 1 N–H and O–H groups in total. The van der Waals surface area contributed by atoms with Crippen molar-refractivity contribution >= 4 is 11.8 Å². The Hall–Kier alpha value is -1.53. The van der Waals surface area contributed by atoms with Crippen LogP contribution in [0.2, 0.25) is 0 Å². The molecule has 1 saturated heterocycles. The second-order valence-electron chi connectivity index (χ2n) is 6.43. The molecular weight excluding hydrogens is 313 g/mol. The monoisotopic (exact) mass is 333 g/mol. The molecule has 1 aliphatic heterocycles. The van der Waals surface area contributed by atoms with E-state index >= 15 is 0 Å². The summed E-state index contributed by atoms with van der Waals surface area (Å²) in [6, 6.07) is 6.36. The van der Waals surface area contributed by atoms with E-state index in [1.807, 2.05) is 24.2 Å². The maximum atomic E-state index is 12.9. The first-order valence-electron chi connectivity index (χ1n) is 8.02. The molecule has 0 amide bonds. The van der Waals surface area contributed by atoms with Crippen LogP contribution in [0.25, 0.3) is 0 Å². The number of thioether (sulfide) groups is 1. The molecule has 1 aromatic heterocycles. The van der Waals surface area contributed by atoms with Crippen LogP contribution in [-0.2, 0) is 0 Å². The van der Waals surface area contributed by atoms with E-state index in [9.17, 15) is 4.39 Å². The standard InChI is InChI=1S/C17H20FN3OS/c18-14-1-3-15(4-2-14)22-16-5-12-9-21(10-13(12)6-16)11-23-17-7-19-20-8-17/h1-4,7-8,12-13,16H,5-6,9-11H2,(H,19,20)/t12-,13+,16?. The zero-order chi connectivity index (χ0) is 15.6. The molecule has 6 heteroatoms. The lowest BCUT2D eigenvalue weighted by Crippen LogP contribution is -2.24. The van der Waals surface area contributed by atoms with Gasteiger partial charge in [-0.1, -0.05) is 0 Å². The van der Waals surface area contributed by atoms with E-state index in [0.717, 1.165) is 49.4 Å². The average Bonchev–Trinajstić information content (AvgIpc) is 3.23. The molecular formula is C17H20FN3OS. The lowest BCUT2D eigenvalue weighted by atomic mass is 10.0. The second-order valence-corrected chi connectivity index (χ2v) is 7.45. The van der Waals surface area contributed by atoms with E-state index in [-0.39, 0.29) is 11.9 Å². The molecule has 1 saturated carbocycles. The van der Waals surface area contributed by atoms with Gasteiger partial charge in [0.25, 0.3) is 0 Å². The van der Waals surface area contributed by atoms with Crippen LogP contribution in [0.15, 0.2) is 41.6 Å². The molecule has 1 aromatic carbocycles. The molecule has 0 radical (unpaired) electrons. The van der Waals surface area contributed by atoms with Crippen LogP contribution in [0.1, 0.15) is 12.8 Å². The highest BCUT2D eigenvalue weighted by Crippen LogP contribution is 2.40. The van der Waals surface area contributed by atoms with Crippen LogP contribution < -0.4 is 4.74 Å². The largest absolute Gasteiger partial charge is 0.490 e. The van der Waals surface area contributed by atoms with Crippen molar-refractivity contribution in [1.29, 1.82) is 0 Å². The number of halogens is 1. The zero-order valence-electron chi connectivity index (χ0n) is 12.8. The van der Waals surface area contributed by atoms with Crippen LogP contribution in [0.3, 0.4) is 0 Å². The fraction of sp³-hybridized carbons (Fsp3) is 0.471. The number of hydrogen-bond acceptors (Lipinski definition) is 4. The molecule has 1 aliphatic carbocycles. The topological polar surface area (TPSA) is 41.1 Å². The van der Waals surface area contributed by atoms with Crippen LogP contribution >= 0.6 is 11.8 Å². The lowest BCUT2D eigenvalue weighted by molar-refractivity contribution is 0.189. The molecule has 0 spiro atoms. The molecule has 4 rings (SSSR count). The summed E-state index contributed by atoms with van der Waals surface area (Å²) in [6.45, 7) is 2.30. The van der Waals surface area contributed by atoms with Gasteiger partial charge in [-0.25, -0.2) is 4.39 Å². The Morgan fingerprint density at radius 1 is 1.22 bits per heavy atom. The summed E-state index contributed by atoms with van der Waals surface area (Å²) in [7, 11) is 0. The Morgan fingerprint density at radius 3 is 2.61 bits per heavy atom. The summed E-state index contributed by atoms with van der Waals surface area (Å²) in [4.78, 5) is 3.72. The molecule has 4 nitrogen and oxygen atoms in total. The number of nitrogens with one attached hydrogen (secondary N) is 1. The van der Waals surface area contributed by atoms with Gasteiger partial charge >= 0.3 is 0 Å². The van der Waals surface area contributed by atoms with Crippen LogP contribution in [0.4, 0.5) is 4.39 Å². The molecule has 2 fully saturated rings. The summed E-state index contributed by atoms with van der Waals surface area (Å²) >= 11 is 1.83. The molecule has 2 aliphatic rings. The van der Waals surface area contributed by atoms with Gasteiger partial charge in [-0.15, -0.1) is 11.8 Å². The highest BCUT2D eigenvalue weighted by Gasteiger charge is 2.41. The number of rotatable bonds is 5. The third kappa shape index (κ3) is 3.53. The predicted molar refractivity (Wildman–Crippen MR) is 87.9 cm³/mol. The SMILES string of the molecule is Fc1ccc(OC2C[C@@H]3CN(CSc4cn[nH]c4)C[C@@H]3C2)cc1. The number of H-pyrrole nitrogens is 1. The summed E-state index contributed by atoms with van der Waals surface area (Å²) in [5.41, 5.74) is 0. The van der Waals surface area contributed by atoms with Crippen molar-refractivity contribution in [3.8, 4) is 5.75 Å². The maximum Gasteiger partial charge on any atom is 0.123 e. The molecule has 2 aromatic rings. The molecule has 2 heterocycles. The van der Waals surface area contributed by atoms with E-state index in [4.69, 9.17) is 4.74 Å². The number of hydrogen-bond donors (Lipinski definition) is 1. The third-order valence-corrected chi connectivity index (χ3v) is 5.84. The van der Waals surface area contributed by atoms with Crippen LogP contribution in [0.5, 0.6) is 5.75 Å². The summed E-state index contributed by atoms with van der Waals surface area (Å²) < 4.78 is 19.0. The summed E-state index contributed by atoms with van der Waals surface area (Å²) in [6.07, 6.45) is 6.30. The van der Waals surface area contributed by atoms with E-state index < -0.39 is 0 Å². The third-order valence-electron chi connectivity index (χ3n) is 4.79. The molecule has 3 atom stereocenters. The first kappa shape index (κ1) is 15.0. The molecule has 1 unspecified atom stereocenters. The number of likely N-dealkylation sites (tertiary alicyclic amines) is 1. The number of nitrogens with zero attached hydrogens (tertiary/aromatic N) is 2. The van der Waals surface area contributed by atoms with Crippen LogP contribution in [-0.4, -0.2) is 40.2 Å². The van der Waals surface area contributed by atoms with Crippen molar-refractivity contribution in [2.45, 2.75) is 23.8 Å². The van der Waals surface area contributed by atoms with E-state index in [2.05, 4.69) is 15.1 Å². The van der Waals surface area contributed by atoms with Gasteiger partial charge < -0.3 is 4.74 Å². The minimum absolute atomic E-state index is 0.216. The van der Waals surface area contributed by atoms with Gasteiger partial charge in [0.1, 0.15) is 11.6 Å². The Kier molecular flexibility index (Phi) is 4.27. The quantitative estimate of drug-likeness (QED) is 0.852. The second kappa shape index (κ2) is 6.53. The predicted octanol–water partition coefficient (Wildman–Crippen LogP) is 3.39. The number of aromatic nitrogens is 2. The molecule has 23 heavy (non-hydrogen) atoms. The van der Waals surface area contributed by atoms with E-state index in [1.165, 1.54) is 17.0 Å². The number of aromatic amines is 1. The van der Waals surface area contributed by atoms with Crippen LogP contribution in [0, 0.1) is 17.7 Å². The number of fused-ring (bicyclic) bond motifs is 1. The van der Waals surface area contributed by atoms with Gasteiger partial charge in [-0.2, -0.15) is 5.10 Å². The summed E-state index contributed by atoms with van der Waals surface area (Å²) in [5.74, 6) is 3.04. The van der Waals surface area contributed by atoms with Gasteiger partial charge in [0.05, 0.1) is 12.3 Å². The number of benzene rings is 1. The Labute approximate surface area is 139 Å². The first-order chi connectivity index (χ1) is 11.3. The Morgan fingerprint density at radius 2 is 1.96 bits per heavy atom. The number of ether oxygens (including phenoxy) is 1. The first-order valence-corrected chi connectivity index (χ1v) is 9.01. The fourth-order valence-corrected chi connectivity index (χ4v) is 4.54. The zero-order valence-corrected chi connectivity index (χ0v) is 13.6.